The molecule has 156 valence electrons. The lowest BCUT2D eigenvalue weighted by molar-refractivity contribution is -0.150. The Labute approximate surface area is 180 Å². The molecule has 0 fully saturated rings. The van der Waals surface area contributed by atoms with Gasteiger partial charge in [-0.3, -0.25) is 4.79 Å². The van der Waals surface area contributed by atoms with Gasteiger partial charge in [0.2, 0.25) is 5.78 Å². The van der Waals surface area contributed by atoms with Crippen LogP contribution >= 0.6 is 0 Å². The van der Waals surface area contributed by atoms with Crippen LogP contribution in [0.25, 0.3) is 17.2 Å². The molecule has 0 spiro atoms. The van der Waals surface area contributed by atoms with E-state index in [9.17, 15) is 9.59 Å². The number of esters is 1. The fourth-order valence-corrected chi connectivity index (χ4v) is 3.31. The molecule has 3 aromatic rings. The average molecular weight is 414 g/mol. The summed E-state index contributed by atoms with van der Waals surface area (Å²) >= 11 is 0. The Balaban J connectivity index is 1.50. The van der Waals surface area contributed by atoms with Gasteiger partial charge in [-0.05, 0) is 48.7 Å². The Morgan fingerprint density at radius 1 is 1.00 bits per heavy atom. The van der Waals surface area contributed by atoms with Crippen molar-refractivity contribution in [3.63, 3.8) is 0 Å². The van der Waals surface area contributed by atoms with E-state index in [-0.39, 0.29) is 18.1 Å². The maximum atomic E-state index is 12.7. The predicted octanol–water partition coefficient (Wildman–Crippen LogP) is 5.30. The van der Waals surface area contributed by atoms with Crippen molar-refractivity contribution < 1.29 is 23.8 Å². The van der Waals surface area contributed by atoms with Crippen LogP contribution in [0.5, 0.6) is 11.5 Å². The molecule has 0 amide bonds. The highest BCUT2D eigenvalue weighted by molar-refractivity contribution is 6.14. The monoisotopic (exact) mass is 414 g/mol. The minimum atomic E-state index is -0.756. The lowest BCUT2D eigenvalue weighted by Gasteiger charge is -2.13. The van der Waals surface area contributed by atoms with Crippen LogP contribution in [0.2, 0.25) is 0 Å². The molecule has 4 rings (SSSR count). The molecule has 1 atom stereocenters. The number of hydrogen-bond acceptors (Lipinski definition) is 5. The fraction of sp³-hybridized carbons (Fsp3) is 0.154. The van der Waals surface area contributed by atoms with E-state index in [0.29, 0.717) is 17.1 Å². The van der Waals surface area contributed by atoms with Crippen LogP contribution < -0.4 is 9.47 Å². The number of carbonyl (C=O) groups is 2. The predicted molar refractivity (Wildman–Crippen MR) is 118 cm³/mol. The van der Waals surface area contributed by atoms with Crippen LogP contribution in [0.3, 0.4) is 0 Å². The van der Waals surface area contributed by atoms with E-state index in [0.717, 1.165) is 16.7 Å². The Kier molecular flexibility index (Phi) is 5.85. The molecule has 3 aromatic carbocycles. The molecular formula is C26H22O5. The maximum Gasteiger partial charge on any atom is 0.347 e. The zero-order chi connectivity index (χ0) is 21.8. The SMILES string of the molecule is CCOC(=O)[C@H](C)Oc1ccc2c(c1)OC(=Cc1ccc(-c3ccccc3)cc1)C2=O. The minimum absolute atomic E-state index is 0.188. The molecule has 0 bridgehead atoms. The summed E-state index contributed by atoms with van der Waals surface area (Å²) < 4.78 is 16.3. The van der Waals surface area contributed by atoms with Gasteiger partial charge in [-0.25, -0.2) is 4.79 Å². The molecule has 0 unspecified atom stereocenters. The molecule has 0 saturated heterocycles. The Bertz CT molecular complexity index is 1130. The van der Waals surface area contributed by atoms with Crippen molar-refractivity contribution in [3.8, 4) is 22.6 Å². The van der Waals surface area contributed by atoms with Crippen molar-refractivity contribution in [1.82, 2.24) is 0 Å². The second kappa shape index (κ2) is 8.88. The number of fused-ring (bicyclic) bond motifs is 1. The zero-order valence-electron chi connectivity index (χ0n) is 17.3. The smallest absolute Gasteiger partial charge is 0.347 e. The minimum Gasteiger partial charge on any atom is -0.479 e. The van der Waals surface area contributed by atoms with E-state index in [4.69, 9.17) is 14.2 Å². The number of carbonyl (C=O) groups excluding carboxylic acids is 2. The number of Topliss-reactive ketones (excluding diaryl/α,β-unsaturated/α-hetero) is 1. The third-order valence-electron chi connectivity index (χ3n) is 4.89. The van der Waals surface area contributed by atoms with Gasteiger partial charge in [0.15, 0.2) is 11.9 Å². The normalized spacial score (nSPS) is 14.6. The lowest BCUT2D eigenvalue weighted by Crippen LogP contribution is -2.26. The molecule has 1 aliphatic rings. The van der Waals surface area contributed by atoms with Crippen LogP contribution in [0.1, 0.15) is 29.8 Å². The molecule has 0 saturated carbocycles. The highest BCUT2D eigenvalue weighted by Crippen LogP contribution is 2.35. The molecule has 31 heavy (non-hydrogen) atoms. The van der Waals surface area contributed by atoms with Gasteiger partial charge in [-0.15, -0.1) is 0 Å². The molecule has 1 aliphatic heterocycles. The number of benzene rings is 3. The summed E-state index contributed by atoms with van der Waals surface area (Å²) in [5.74, 6) is 0.455. The summed E-state index contributed by atoms with van der Waals surface area (Å²) in [6.07, 6.45) is 0.965. The fourth-order valence-electron chi connectivity index (χ4n) is 3.31. The summed E-state index contributed by atoms with van der Waals surface area (Å²) in [7, 11) is 0. The van der Waals surface area contributed by atoms with Crippen molar-refractivity contribution in [1.29, 1.82) is 0 Å². The first-order valence-corrected chi connectivity index (χ1v) is 10.1. The topological polar surface area (TPSA) is 61.8 Å². The van der Waals surface area contributed by atoms with Gasteiger partial charge in [0.05, 0.1) is 12.2 Å². The van der Waals surface area contributed by atoms with E-state index in [2.05, 4.69) is 12.1 Å². The van der Waals surface area contributed by atoms with Gasteiger partial charge < -0.3 is 14.2 Å². The number of allylic oxidation sites excluding steroid dienone is 1. The lowest BCUT2D eigenvalue weighted by atomic mass is 10.0. The number of hydrogen-bond donors (Lipinski definition) is 0. The first kappa shape index (κ1) is 20.4. The summed E-state index contributed by atoms with van der Waals surface area (Å²) in [5.41, 5.74) is 3.56. The highest BCUT2D eigenvalue weighted by atomic mass is 16.6. The van der Waals surface area contributed by atoms with E-state index in [1.165, 1.54) is 0 Å². The second-order valence-electron chi connectivity index (χ2n) is 7.10. The Morgan fingerprint density at radius 3 is 2.42 bits per heavy atom. The molecular weight excluding hydrogens is 392 g/mol. The van der Waals surface area contributed by atoms with Crippen LogP contribution in [-0.2, 0) is 9.53 Å². The van der Waals surface area contributed by atoms with Crippen molar-refractivity contribution in [3.05, 3.63) is 89.7 Å². The van der Waals surface area contributed by atoms with Crippen LogP contribution in [-0.4, -0.2) is 24.5 Å². The largest absolute Gasteiger partial charge is 0.479 e. The van der Waals surface area contributed by atoms with Gasteiger partial charge in [0.25, 0.3) is 0 Å². The van der Waals surface area contributed by atoms with E-state index >= 15 is 0 Å². The van der Waals surface area contributed by atoms with Crippen LogP contribution in [0.4, 0.5) is 0 Å². The van der Waals surface area contributed by atoms with E-state index in [1.54, 1.807) is 38.1 Å². The van der Waals surface area contributed by atoms with Gasteiger partial charge in [0.1, 0.15) is 11.5 Å². The molecule has 0 N–H and O–H groups in total. The number of ketones is 1. The quantitative estimate of drug-likeness (QED) is 0.405. The van der Waals surface area contributed by atoms with Crippen molar-refractivity contribution in [2.45, 2.75) is 20.0 Å². The number of rotatable bonds is 6. The van der Waals surface area contributed by atoms with E-state index < -0.39 is 12.1 Å². The zero-order valence-corrected chi connectivity index (χ0v) is 17.3. The molecule has 1 heterocycles. The summed E-state index contributed by atoms with van der Waals surface area (Å²) in [6.45, 7) is 3.64. The van der Waals surface area contributed by atoms with Gasteiger partial charge in [0, 0.05) is 6.07 Å². The van der Waals surface area contributed by atoms with Crippen molar-refractivity contribution >= 4 is 17.8 Å². The standard InChI is InChI=1S/C26H22O5/c1-3-29-26(28)17(2)30-21-13-14-22-23(16-21)31-24(25(22)27)15-18-9-11-20(12-10-18)19-7-5-4-6-8-19/h4-17H,3H2,1-2H3/t17-/m0/s1. The van der Waals surface area contributed by atoms with Gasteiger partial charge in [-0.1, -0.05) is 54.6 Å². The second-order valence-corrected chi connectivity index (χ2v) is 7.10. The van der Waals surface area contributed by atoms with Crippen molar-refractivity contribution in [2.24, 2.45) is 0 Å². The van der Waals surface area contributed by atoms with E-state index in [1.807, 2.05) is 42.5 Å². The van der Waals surface area contributed by atoms with Crippen molar-refractivity contribution in [2.75, 3.05) is 6.61 Å². The van der Waals surface area contributed by atoms with Gasteiger partial charge >= 0.3 is 5.97 Å². The number of ether oxygens (including phenoxy) is 3. The Hall–Kier alpha value is -3.86. The molecule has 0 aromatic heterocycles. The summed E-state index contributed by atoms with van der Waals surface area (Å²) in [5, 5.41) is 0. The Morgan fingerprint density at radius 2 is 1.71 bits per heavy atom. The van der Waals surface area contributed by atoms with Crippen LogP contribution in [0.15, 0.2) is 78.6 Å². The summed E-state index contributed by atoms with van der Waals surface area (Å²) in [4.78, 5) is 24.5. The average Bonchev–Trinajstić information content (AvgIpc) is 3.09. The molecule has 5 nitrogen and oxygen atoms in total. The third-order valence-corrected chi connectivity index (χ3v) is 4.89. The van der Waals surface area contributed by atoms with Gasteiger partial charge in [-0.2, -0.15) is 0 Å². The first-order valence-electron chi connectivity index (χ1n) is 10.1. The molecule has 0 aliphatic carbocycles. The highest BCUT2D eigenvalue weighted by Gasteiger charge is 2.28. The molecule has 0 radical (unpaired) electrons. The third kappa shape index (κ3) is 4.51. The summed E-state index contributed by atoms with van der Waals surface area (Å²) in [6, 6.07) is 22.9. The van der Waals surface area contributed by atoms with Crippen LogP contribution in [0, 0.1) is 0 Å². The molecule has 5 heteroatoms. The maximum absolute atomic E-state index is 12.7. The first-order chi connectivity index (χ1) is 15.0.